The fraction of sp³-hybridized carbons (Fsp3) is 0.200. The number of aryl methyl sites for hydroxylation is 1. The summed E-state index contributed by atoms with van der Waals surface area (Å²) in [6, 6.07) is 9.99. The number of hydrogen-bond donors (Lipinski definition) is 1. The smallest absolute Gasteiger partial charge is 0.168 e. The first kappa shape index (κ1) is 14.0. The summed E-state index contributed by atoms with van der Waals surface area (Å²) < 4.78 is 20.4. The molecule has 0 heterocycles. The molecule has 0 amide bonds. The Morgan fingerprint density at radius 2 is 2.00 bits per heavy atom. The van der Waals surface area contributed by atoms with Crippen molar-refractivity contribution in [3.63, 3.8) is 0 Å². The number of ether oxygens (including phenoxy) is 1. The molecule has 2 rings (SSSR count). The van der Waals surface area contributed by atoms with E-state index in [2.05, 4.69) is 15.9 Å². The maximum Gasteiger partial charge on any atom is 0.168 e. The van der Waals surface area contributed by atoms with Crippen LogP contribution in [0.5, 0.6) is 11.5 Å². The van der Waals surface area contributed by atoms with Crippen LogP contribution in [0.15, 0.2) is 40.9 Å². The van der Waals surface area contributed by atoms with Crippen LogP contribution in [-0.4, -0.2) is 5.11 Å². The maximum atomic E-state index is 13.9. The highest BCUT2D eigenvalue weighted by atomic mass is 79.9. The lowest BCUT2D eigenvalue weighted by atomic mass is 10.1. The summed E-state index contributed by atoms with van der Waals surface area (Å²) in [6.07, 6.45) is -0.790. The summed E-state index contributed by atoms with van der Waals surface area (Å²) in [5.41, 5.74) is 1.32. The van der Waals surface area contributed by atoms with Gasteiger partial charge in [0.1, 0.15) is 5.75 Å². The van der Waals surface area contributed by atoms with E-state index >= 15 is 0 Å². The summed E-state index contributed by atoms with van der Waals surface area (Å²) >= 11 is 3.36. The lowest BCUT2D eigenvalue weighted by molar-refractivity contribution is 0.194. The minimum absolute atomic E-state index is 0.0722. The van der Waals surface area contributed by atoms with Gasteiger partial charge >= 0.3 is 0 Å². The van der Waals surface area contributed by atoms with E-state index in [9.17, 15) is 9.50 Å². The van der Waals surface area contributed by atoms with E-state index in [1.807, 2.05) is 19.1 Å². The third-order valence-electron chi connectivity index (χ3n) is 2.80. The molecule has 1 unspecified atom stereocenters. The first-order valence-corrected chi connectivity index (χ1v) is 6.69. The topological polar surface area (TPSA) is 29.5 Å². The Labute approximate surface area is 120 Å². The average Bonchev–Trinajstić information content (AvgIpc) is 2.34. The molecule has 1 atom stereocenters. The van der Waals surface area contributed by atoms with E-state index in [1.54, 1.807) is 25.1 Å². The van der Waals surface area contributed by atoms with Crippen LogP contribution in [0.4, 0.5) is 4.39 Å². The molecule has 4 heteroatoms. The molecule has 19 heavy (non-hydrogen) atoms. The summed E-state index contributed by atoms with van der Waals surface area (Å²) in [5.74, 6) is 0.152. The van der Waals surface area contributed by atoms with Crippen LogP contribution in [0.2, 0.25) is 0 Å². The largest absolute Gasteiger partial charge is 0.454 e. The van der Waals surface area contributed by atoms with E-state index in [1.165, 1.54) is 6.07 Å². The minimum atomic E-state index is -0.790. The van der Waals surface area contributed by atoms with Gasteiger partial charge in [-0.2, -0.15) is 0 Å². The number of halogens is 2. The van der Waals surface area contributed by atoms with Gasteiger partial charge in [-0.3, -0.25) is 0 Å². The summed E-state index contributed by atoms with van der Waals surface area (Å²) in [5, 5.41) is 9.67. The number of para-hydroxylation sites is 1. The second kappa shape index (κ2) is 5.72. The van der Waals surface area contributed by atoms with Crippen molar-refractivity contribution < 1.29 is 14.2 Å². The van der Waals surface area contributed by atoms with Crippen LogP contribution in [-0.2, 0) is 0 Å². The molecule has 100 valence electrons. The normalized spacial score (nSPS) is 12.3. The molecule has 0 bridgehead atoms. The molecule has 0 aliphatic rings. The van der Waals surface area contributed by atoms with Gasteiger partial charge < -0.3 is 9.84 Å². The fourth-order valence-electron chi connectivity index (χ4n) is 1.80. The first-order chi connectivity index (χ1) is 8.99. The number of aliphatic hydroxyl groups is 1. The van der Waals surface area contributed by atoms with Crippen molar-refractivity contribution in [3.8, 4) is 11.5 Å². The zero-order chi connectivity index (χ0) is 14.0. The molecule has 0 aliphatic carbocycles. The second-order valence-electron chi connectivity index (χ2n) is 4.35. The van der Waals surface area contributed by atoms with Crippen LogP contribution >= 0.6 is 15.9 Å². The van der Waals surface area contributed by atoms with Gasteiger partial charge in [0.05, 0.1) is 6.10 Å². The zero-order valence-corrected chi connectivity index (χ0v) is 12.2. The highest BCUT2D eigenvalue weighted by Gasteiger charge is 2.15. The van der Waals surface area contributed by atoms with Crippen LogP contribution in [0.3, 0.4) is 0 Å². The van der Waals surface area contributed by atoms with Crippen molar-refractivity contribution in [3.05, 3.63) is 57.8 Å². The Morgan fingerprint density at radius 3 is 2.63 bits per heavy atom. The number of aliphatic hydroxyl groups excluding tert-OH is 1. The molecule has 0 aromatic heterocycles. The summed E-state index contributed by atoms with van der Waals surface area (Å²) in [6.45, 7) is 3.46. The van der Waals surface area contributed by atoms with Crippen LogP contribution in [0, 0.1) is 12.7 Å². The Balaban J connectivity index is 2.43. The lowest BCUT2D eigenvalue weighted by Crippen LogP contribution is -1.99. The second-order valence-corrected chi connectivity index (χ2v) is 5.26. The number of benzene rings is 2. The van der Waals surface area contributed by atoms with Gasteiger partial charge in [-0.25, -0.2) is 4.39 Å². The van der Waals surface area contributed by atoms with E-state index < -0.39 is 11.9 Å². The van der Waals surface area contributed by atoms with Gasteiger partial charge in [0.2, 0.25) is 0 Å². The van der Waals surface area contributed by atoms with Gasteiger partial charge in [0.15, 0.2) is 11.6 Å². The minimum Gasteiger partial charge on any atom is -0.454 e. The van der Waals surface area contributed by atoms with Gasteiger partial charge in [0, 0.05) is 10.0 Å². The zero-order valence-electron chi connectivity index (χ0n) is 10.7. The van der Waals surface area contributed by atoms with Crippen molar-refractivity contribution in [2.45, 2.75) is 20.0 Å². The van der Waals surface area contributed by atoms with Crippen LogP contribution in [0.25, 0.3) is 0 Å². The Bertz CT molecular complexity index is 597. The van der Waals surface area contributed by atoms with Gasteiger partial charge in [-0.15, -0.1) is 0 Å². The third-order valence-corrected chi connectivity index (χ3v) is 3.29. The Kier molecular flexibility index (Phi) is 4.22. The molecule has 0 saturated heterocycles. The molecule has 0 aliphatic heterocycles. The van der Waals surface area contributed by atoms with E-state index in [0.717, 1.165) is 10.0 Å². The highest BCUT2D eigenvalue weighted by Crippen LogP contribution is 2.34. The standard InChI is InChI=1S/C15H14BrFO2/c1-9-8-11(16)6-7-14(9)19-15-12(10(2)18)4-3-5-13(15)17/h3-8,10,18H,1-2H3. The Hall–Kier alpha value is -1.39. The number of hydrogen-bond acceptors (Lipinski definition) is 2. The van der Waals surface area contributed by atoms with Gasteiger partial charge in [-0.1, -0.05) is 28.1 Å². The summed E-state index contributed by atoms with van der Waals surface area (Å²) in [4.78, 5) is 0. The predicted molar refractivity (Wildman–Crippen MR) is 76.0 cm³/mol. The molecular weight excluding hydrogens is 311 g/mol. The van der Waals surface area contributed by atoms with Gasteiger partial charge in [0.25, 0.3) is 0 Å². The molecule has 2 aromatic carbocycles. The first-order valence-electron chi connectivity index (χ1n) is 5.89. The predicted octanol–water partition coefficient (Wildman–Crippen LogP) is 4.74. The molecule has 2 nitrogen and oxygen atoms in total. The molecule has 0 radical (unpaired) electrons. The van der Waals surface area contributed by atoms with Crippen molar-refractivity contribution in [1.82, 2.24) is 0 Å². The van der Waals surface area contributed by atoms with Crippen molar-refractivity contribution in [2.24, 2.45) is 0 Å². The highest BCUT2D eigenvalue weighted by molar-refractivity contribution is 9.10. The lowest BCUT2D eigenvalue weighted by Gasteiger charge is -2.15. The molecule has 2 aromatic rings. The quantitative estimate of drug-likeness (QED) is 0.883. The molecule has 0 saturated carbocycles. The Morgan fingerprint density at radius 1 is 1.26 bits per heavy atom. The van der Waals surface area contributed by atoms with Crippen LogP contribution < -0.4 is 4.74 Å². The van der Waals surface area contributed by atoms with E-state index in [4.69, 9.17) is 4.74 Å². The monoisotopic (exact) mass is 324 g/mol. The van der Waals surface area contributed by atoms with E-state index in [0.29, 0.717) is 11.3 Å². The fourth-order valence-corrected chi connectivity index (χ4v) is 2.28. The molecule has 0 fully saturated rings. The average molecular weight is 325 g/mol. The van der Waals surface area contributed by atoms with E-state index in [-0.39, 0.29) is 5.75 Å². The van der Waals surface area contributed by atoms with Crippen molar-refractivity contribution >= 4 is 15.9 Å². The van der Waals surface area contributed by atoms with Crippen molar-refractivity contribution in [1.29, 1.82) is 0 Å². The number of rotatable bonds is 3. The van der Waals surface area contributed by atoms with Gasteiger partial charge in [-0.05, 0) is 43.7 Å². The third kappa shape index (κ3) is 3.14. The molecule has 1 N–H and O–H groups in total. The molecular formula is C15H14BrFO2. The summed E-state index contributed by atoms with van der Waals surface area (Å²) in [7, 11) is 0. The van der Waals surface area contributed by atoms with Crippen LogP contribution in [0.1, 0.15) is 24.2 Å². The van der Waals surface area contributed by atoms with Crippen molar-refractivity contribution in [2.75, 3.05) is 0 Å². The molecule has 0 spiro atoms. The SMILES string of the molecule is Cc1cc(Br)ccc1Oc1c(F)cccc1C(C)O. The maximum absolute atomic E-state index is 13.9.